The molecule has 1 aliphatic rings. The first-order valence-electron chi connectivity index (χ1n) is 5.68. The van der Waals surface area contributed by atoms with E-state index in [2.05, 4.69) is 4.98 Å². The third kappa shape index (κ3) is 3.27. The van der Waals surface area contributed by atoms with Gasteiger partial charge in [0.05, 0.1) is 17.8 Å². The molecule has 2 rings (SSSR count). The minimum absolute atomic E-state index is 0.00538. The highest BCUT2D eigenvalue weighted by Crippen LogP contribution is 2.17. The van der Waals surface area contributed by atoms with E-state index in [9.17, 15) is 9.59 Å². The molecule has 0 saturated carbocycles. The number of aromatic nitrogens is 1. The van der Waals surface area contributed by atoms with Gasteiger partial charge in [0.25, 0.3) is 5.91 Å². The smallest absolute Gasteiger partial charge is 0.329 e. The Morgan fingerprint density at radius 1 is 1.50 bits per heavy atom. The number of amides is 1. The van der Waals surface area contributed by atoms with Crippen molar-refractivity contribution in [2.45, 2.75) is 18.9 Å². The maximum Gasteiger partial charge on any atom is 0.329 e. The van der Waals surface area contributed by atoms with Crippen LogP contribution in [0, 0.1) is 0 Å². The van der Waals surface area contributed by atoms with Gasteiger partial charge in [-0.05, 0) is 12.8 Å². The number of carboxylic acid groups (broad SMARTS) is 1. The molecule has 6 nitrogen and oxygen atoms in total. The van der Waals surface area contributed by atoms with Crippen molar-refractivity contribution in [2.75, 3.05) is 19.7 Å². The first kappa shape index (κ1) is 13.0. The summed E-state index contributed by atoms with van der Waals surface area (Å²) in [6.45, 7) is 0.926. The number of nitrogens with zero attached hydrogens (tertiary/aromatic N) is 2. The number of piperidine rings is 1. The fraction of sp³-hybridized carbons (Fsp3) is 0.545. The molecular formula is C11H14N2O4S. The topological polar surface area (TPSA) is 79.7 Å². The highest BCUT2D eigenvalue weighted by molar-refractivity contribution is 7.11. The van der Waals surface area contributed by atoms with E-state index in [4.69, 9.17) is 9.84 Å². The van der Waals surface area contributed by atoms with Crippen LogP contribution in [0.2, 0.25) is 0 Å². The zero-order chi connectivity index (χ0) is 13.0. The van der Waals surface area contributed by atoms with Gasteiger partial charge in [0.2, 0.25) is 0 Å². The van der Waals surface area contributed by atoms with Crippen LogP contribution in [0.15, 0.2) is 11.7 Å². The molecule has 1 aromatic rings. The van der Waals surface area contributed by atoms with E-state index in [1.54, 1.807) is 16.6 Å². The van der Waals surface area contributed by atoms with E-state index in [1.165, 1.54) is 11.3 Å². The predicted octanol–water partition coefficient (Wildman–Crippen LogP) is 0.849. The number of likely N-dealkylation sites (tertiary alicyclic amines) is 1. The van der Waals surface area contributed by atoms with Crippen molar-refractivity contribution in [1.82, 2.24) is 9.88 Å². The van der Waals surface area contributed by atoms with E-state index in [1.807, 2.05) is 0 Å². The lowest BCUT2D eigenvalue weighted by molar-refractivity contribution is -0.145. The summed E-state index contributed by atoms with van der Waals surface area (Å²) in [5.41, 5.74) is 1.63. The zero-order valence-electron chi connectivity index (χ0n) is 9.74. The van der Waals surface area contributed by atoms with Gasteiger partial charge in [-0.3, -0.25) is 9.78 Å². The predicted molar refractivity (Wildman–Crippen MR) is 64.6 cm³/mol. The van der Waals surface area contributed by atoms with E-state index in [0.29, 0.717) is 30.8 Å². The Morgan fingerprint density at radius 2 is 2.22 bits per heavy atom. The molecular weight excluding hydrogens is 256 g/mol. The molecule has 2 heterocycles. The summed E-state index contributed by atoms with van der Waals surface area (Å²) in [5.74, 6) is -0.965. The Balaban J connectivity index is 1.80. The highest BCUT2D eigenvalue weighted by Gasteiger charge is 2.25. The average Bonchev–Trinajstić information content (AvgIpc) is 2.90. The number of carbonyl (C=O) groups excluding carboxylic acids is 1. The van der Waals surface area contributed by atoms with Crippen LogP contribution in [-0.4, -0.2) is 52.7 Å². The van der Waals surface area contributed by atoms with Crippen molar-refractivity contribution < 1.29 is 19.4 Å². The second kappa shape index (κ2) is 5.92. The van der Waals surface area contributed by atoms with E-state index >= 15 is 0 Å². The summed E-state index contributed by atoms with van der Waals surface area (Å²) >= 11 is 1.33. The molecule has 0 bridgehead atoms. The first-order chi connectivity index (χ1) is 8.66. The largest absolute Gasteiger partial charge is 0.480 e. The summed E-state index contributed by atoms with van der Waals surface area (Å²) < 4.78 is 5.22. The fourth-order valence-electron chi connectivity index (χ4n) is 1.89. The van der Waals surface area contributed by atoms with Crippen molar-refractivity contribution >= 4 is 23.2 Å². The molecule has 7 heteroatoms. The van der Waals surface area contributed by atoms with Crippen molar-refractivity contribution in [3.63, 3.8) is 0 Å². The lowest BCUT2D eigenvalue weighted by atomic mass is 10.1. The van der Waals surface area contributed by atoms with Gasteiger partial charge in [0, 0.05) is 13.1 Å². The van der Waals surface area contributed by atoms with Crippen molar-refractivity contribution in [3.8, 4) is 0 Å². The minimum atomic E-state index is -0.960. The molecule has 1 saturated heterocycles. The number of carbonyl (C=O) groups is 2. The maximum atomic E-state index is 12.0. The summed E-state index contributed by atoms with van der Waals surface area (Å²) in [6, 6.07) is 0. The van der Waals surface area contributed by atoms with E-state index < -0.39 is 5.97 Å². The second-order valence-corrected chi connectivity index (χ2v) is 4.95. The number of hydrogen-bond acceptors (Lipinski definition) is 5. The molecule has 1 fully saturated rings. The highest BCUT2D eigenvalue weighted by atomic mass is 32.1. The van der Waals surface area contributed by atoms with Gasteiger partial charge in [-0.2, -0.15) is 0 Å². The molecule has 1 amide bonds. The van der Waals surface area contributed by atoms with Gasteiger partial charge in [-0.15, -0.1) is 11.3 Å². The van der Waals surface area contributed by atoms with Crippen LogP contribution in [0.1, 0.15) is 22.5 Å². The molecule has 1 aromatic heterocycles. The van der Waals surface area contributed by atoms with E-state index in [0.717, 1.165) is 0 Å². The van der Waals surface area contributed by atoms with Gasteiger partial charge < -0.3 is 14.7 Å². The number of hydrogen-bond donors (Lipinski definition) is 1. The summed E-state index contributed by atoms with van der Waals surface area (Å²) in [5, 5.41) is 8.51. The van der Waals surface area contributed by atoms with Crippen molar-refractivity contribution in [1.29, 1.82) is 0 Å². The Morgan fingerprint density at radius 3 is 2.78 bits per heavy atom. The molecule has 0 unspecified atom stereocenters. The molecule has 0 aromatic carbocycles. The number of rotatable bonds is 4. The van der Waals surface area contributed by atoms with Crippen LogP contribution >= 0.6 is 11.3 Å². The summed E-state index contributed by atoms with van der Waals surface area (Å²) in [6.07, 6.45) is 2.86. The number of carboxylic acids is 1. The van der Waals surface area contributed by atoms with Crippen molar-refractivity contribution in [3.05, 3.63) is 16.6 Å². The van der Waals surface area contributed by atoms with Crippen LogP contribution in [0.25, 0.3) is 0 Å². The summed E-state index contributed by atoms with van der Waals surface area (Å²) in [7, 11) is 0. The molecule has 0 radical (unpaired) electrons. The molecule has 1 aliphatic heterocycles. The van der Waals surface area contributed by atoms with Crippen molar-refractivity contribution in [2.24, 2.45) is 0 Å². The van der Waals surface area contributed by atoms with Crippen LogP contribution in [-0.2, 0) is 9.53 Å². The van der Waals surface area contributed by atoms with Crippen LogP contribution in [0.3, 0.4) is 0 Å². The van der Waals surface area contributed by atoms with Crippen LogP contribution in [0.4, 0.5) is 0 Å². The minimum Gasteiger partial charge on any atom is -0.480 e. The Labute approximate surface area is 108 Å². The molecule has 98 valence electrons. The lowest BCUT2D eigenvalue weighted by Gasteiger charge is -2.31. The van der Waals surface area contributed by atoms with Gasteiger partial charge in [-0.25, -0.2) is 4.79 Å². The maximum absolute atomic E-state index is 12.0. The second-order valence-electron chi connectivity index (χ2n) is 4.06. The first-order valence-corrected chi connectivity index (χ1v) is 6.56. The quantitative estimate of drug-likeness (QED) is 0.877. The Bertz CT molecular complexity index is 413. The monoisotopic (exact) mass is 270 g/mol. The fourth-order valence-corrected chi connectivity index (χ4v) is 2.48. The van der Waals surface area contributed by atoms with Crippen LogP contribution < -0.4 is 0 Å². The number of thiazole rings is 1. The SMILES string of the molecule is O=C(O)COC1CCN(C(=O)c2cncs2)CC1. The van der Waals surface area contributed by atoms with Gasteiger partial charge in [0.15, 0.2) is 0 Å². The van der Waals surface area contributed by atoms with E-state index in [-0.39, 0.29) is 18.6 Å². The summed E-state index contributed by atoms with van der Waals surface area (Å²) in [4.78, 5) is 28.6. The Hall–Kier alpha value is -1.47. The third-order valence-corrected chi connectivity index (χ3v) is 3.58. The normalized spacial score (nSPS) is 16.8. The van der Waals surface area contributed by atoms with Gasteiger partial charge >= 0.3 is 5.97 Å². The number of aliphatic carboxylic acids is 1. The standard InChI is InChI=1S/C11H14N2O4S/c14-10(15)6-17-8-1-3-13(4-2-8)11(16)9-5-12-7-18-9/h5,7-8H,1-4,6H2,(H,14,15). The zero-order valence-corrected chi connectivity index (χ0v) is 10.6. The lowest BCUT2D eigenvalue weighted by Crippen LogP contribution is -2.41. The molecule has 0 atom stereocenters. The average molecular weight is 270 g/mol. The molecule has 18 heavy (non-hydrogen) atoms. The molecule has 0 aliphatic carbocycles. The third-order valence-electron chi connectivity index (χ3n) is 2.81. The van der Waals surface area contributed by atoms with Gasteiger partial charge in [0.1, 0.15) is 11.5 Å². The Kier molecular flexibility index (Phi) is 4.27. The molecule has 1 N–H and O–H groups in total. The van der Waals surface area contributed by atoms with Gasteiger partial charge in [-0.1, -0.05) is 0 Å². The number of ether oxygens (including phenoxy) is 1. The van der Waals surface area contributed by atoms with Crippen LogP contribution in [0.5, 0.6) is 0 Å². The molecule has 0 spiro atoms.